The van der Waals surface area contributed by atoms with Crippen LogP contribution in [0.4, 0.5) is 0 Å². The maximum absolute atomic E-state index is 12.7. The van der Waals surface area contributed by atoms with Crippen LogP contribution >= 0.6 is 0 Å². The van der Waals surface area contributed by atoms with Crippen molar-refractivity contribution in [2.45, 2.75) is 18.9 Å². The highest BCUT2D eigenvalue weighted by Crippen LogP contribution is 2.29. The molecule has 2 aromatic rings. The van der Waals surface area contributed by atoms with Gasteiger partial charge in [0.25, 0.3) is 0 Å². The number of benzene rings is 1. The van der Waals surface area contributed by atoms with E-state index in [-0.39, 0.29) is 17.9 Å². The number of carbonyl (C=O) groups is 2. The molecule has 132 valence electrons. The van der Waals surface area contributed by atoms with Gasteiger partial charge in [-0.05, 0) is 18.6 Å². The van der Waals surface area contributed by atoms with Crippen LogP contribution in [0.15, 0.2) is 36.7 Å². The van der Waals surface area contributed by atoms with E-state index < -0.39 is 11.6 Å². The number of hydrogen-bond acceptors (Lipinski definition) is 4. The topological polar surface area (TPSA) is 84.7 Å². The molecular formula is C18H21N3O4. The van der Waals surface area contributed by atoms with Crippen LogP contribution in [0.1, 0.15) is 28.4 Å². The first-order valence-electron chi connectivity index (χ1n) is 8.11. The molecule has 1 unspecified atom stereocenters. The van der Waals surface area contributed by atoms with Crippen molar-refractivity contribution in [3.8, 4) is 0 Å². The van der Waals surface area contributed by atoms with Crippen molar-refractivity contribution in [1.82, 2.24) is 14.7 Å². The Morgan fingerprint density at radius 2 is 2.12 bits per heavy atom. The molecule has 1 fully saturated rings. The zero-order chi connectivity index (χ0) is 18.0. The van der Waals surface area contributed by atoms with Crippen molar-refractivity contribution >= 4 is 11.9 Å². The first-order valence-corrected chi connectivity index (χ1v) is 8.11. The summed E-state index contributed by atoms with van der Waals surface area (Å²) in [4.78, 5) is 25.8. The van der Waals surface area contributed by atoms with Crippen LogP contribution in [0.25, 0.3) is 0 Å². The van der Waals surface area contributed by atoms with Gasteiger partial charge >= 0.3 is 5.97 Å². The van der Waals surface area contributed by atoms with E-state index in [1.54, 1.807) is 34.0 Å². The summed E-state index contributed by atoms with van der Waals surface area (Å²) in [7, 11) is 1.83. The summed E-state index contributed by atoms with van der Waals surface area (Å²) in [5.41, 5.74) is 0.987. The molecule has 1 aromatic heterocycles. The third kappa shape index (κ3) is 3.56. The minimum atomic E-state index is -1.02. The van der Waals surface area contributed by atoms with Crippen molar-refractivity contribution in [2.24, 2.45) is 7.05 Å². The first kappa shape index (κ1) is 17.2. The highest BCUT2D eigenvalue weighted by molar-refractivity contribution is 5.91. The molecule has 7 nitrogen and oxygen atoms in total. The number of carbonyl (C=O) groups excluding carboxylic acids is 1. The minimum absolute atomic E-state index is 0.0611. The molecule has 25 heavy (non-hydrogen) atoms. The zero-order valence-electron chi connectivity index (χ0n) is 14.3. The van der Waals surface area contributed by atoms with Crippen LogP contribution in [-0.4, -0.2) is 51.4 Å². The Labute approximate surface area is 145 Å². The average Bonchev–Trinajstić information content (AvgIpc) is 3.02. The molecule has 1 aliphatic heterocycles. The molecule has 1 amide bonds. The lowest BCUT2D eigenvalue weighted by Gasteiger charge is -2.40. The summed E-state index contributed by atoms with van der Waals surface area (Å²) in [5, 5.41) is 13.4. The predicted octanol–water partition coefficient (Wildman–Crippen LogP) is 1.44. The second-order valence-corrected chi connectivity index (χ2v) is 6.44. The second-order valence-electron chi connectivity index (χ2n) is 6.44. The Morgan fingerprint density at radius 3 is 2.80 bits per heavy atom. The van der Waals surface area contributed by atoms with Crippen molar-refractivity contribution in [3.05, 3.63) is 53.3 Å². The third-order valence-corrected chi connectivity index (χ3v) is 4.53. The summed E-state index contributed by atoms with van der Waals surface area (Å²) in [6, 6.07) is 6.60. The molecule has 0 aliphatic carbocycles. The molecule has 0 bridgehead atoms. The predicted molar refractivity (Wildman–Crippen MR) is 90.2 cm³/mol. The molecular weight excluding hydrogens is 322 g/mol. The van der Waals surface area contributed by atoms with Gasteiger partial charge in [0, 0.05) is 25.4 Å². The molecule has 1 N–H and O–H groups in total. The number of amides is 1. The van der Waals surface area contributed by atoms with E-state index in [1.165, 1.54) is 6.07 Å². The van der Waals surface area contributed by atoms with E-state index in [4.69, 9.17) is 4.74 Å². The normalized spacial score (nSPS) is 20.5. The quantitative estimate of drug-likeness (QED) is 0.908. The van der Waals surface area contributed by atoms with Crippen molar-refractivity contribution in [1.29, 1.82) is 0 Å². The molecule has 1 atom stereocenters. The van der Waals surface area contributed by atoms with E-state index >= 15 is 0 Å². The van der Waals surface area contributed by atoms with Crippen LogP contribution in [0.3, 0.4) is 0 Å². The van der Waals surface area contributed by atoms with E-state index in [0.717, 1.165) is 5.56 Å². The van der Waals surface area contributed by atoms with Gasteiger partial charge in [0.2, 0.25) is 5.91 Å². The van der Waals surface area contributed by atoms with Gasteiger partial charge in [-0.3, -0.25) is 9.48 Å². The summed E-state index contributed by atoms with van der Waals surface area (Å²) in [6.45, 7) is 3.27. The minimum Gasteiger partial charge on any atom is -0.478 e. The van der Waals surface area contributed by atoms with Gasteiger partial charge in [-0.1, -0.05) is 18.2 Å². The lowest BCUT2D eigenvalue weighted by atomic mass is 9.96. The maximum atomic E-state index is 12.7. The summed E-state index contributed by atoms with van der Waals surface area (Å²) >= 11 is 0. The lowest BCUT2D eigenvalue weighted by molar-refractivity contribution is -0.149. The Hall–Kier alpha value is -2.67. The number of aromatic carboxylic acids is 1. The molecule has 2 heterocycles. The number of rotatable bonds is 4. The fraction of sp³-hybridized carbons (Fsp3) is 0.389. The monoisotopic (exact) mass is 343 g/mol. The number of carboxylic acids is 1. The number of aromatic nitrogens is 2. The van der Waals surface area contributed by atoms with Crippen LogP contribution in [0, 0.1) is 0 Å². The maximum Gasteiger partial charge on any atom is 0.335 e. The van der Waals surface area contributed by atoms with Crippen LogP contribution in [-0.2, 0) is 28.6 Å². The standard InChI is InChI=1S/C18H21N3O4/c1-18(14-10-19-20(2)11-14)12-21(7-8-25-18)16(22)9-13-5-3-4-6-15(13)17(23)24/h3-6,10-11H,7-9,12H2,1-2H3,(H,23,24). The Balaban J connectivity index is 1.76. The number of aryl methyl sites for hydroxylation is 1. The number of ether oxygens (including phenoxy) is 1. The largest absolute Gasteiger partial charge is 0.478 e. The van der Waals surface area contributed by atoms with Gasteiger partial charge in [-0.25, -0.2) is 4.79 Å². The fourth-order valence-corrected chi connectivity index (χ4v) is 3.11. The van der Waals surface area contributed by atoms with Gasteiger partial charge in [-0.2, -0.15) is 5.10 Å². The SMILES string of the molecule is Cn1cc(C2(C)CN(C(=O)Cc3ccccc3C(=O)O)CCO2)cn1. The molecule has 0 radical (unpaired) electrons. The molecule has 0 spiro atoms. The van der Waals surface area contributed by atoms with Crippen molar-refractivity contribution in [2.75, 3.05) is 19.7 Å². The highest BCUT2D eigenvalue weighted by atomic mass is 16.5. The zero-order valence-corrected chi connectivity index (χ0v) is 14.3. The Kier molecular flexibility index (Phi) is 4.59. The third-order valence-electron chi connectivity index (χ3n) is 4.53. The van der Waals surface area contributed by atoms with E-state index in [2.05, 4.69) is 5.10 Å². The molecule has 1 aliphatic rings. The van der Waals surface area contributed by atoms with Crippen LogP contribution < -0.4 is 0 Å². The number of carboxylic acid groups (broad SMARTS) is 1. The number of hydrogen-bond donors (Lipinski definition) is 1. The summed E-state index contributed by atoms with van der Waals surface area (Å²) in [6.07, 6.45) is 3.69. The van der Waals surface area contributed by atoms with Crippen molar-refractivity contribution < 1.29 is 19.4 Å². The molecule has 3 rings (SSSR count). The number of morpholine rings is 1. The van der Waals surface area contributed by atoms with Crippen LogP contribution in [0.2, 0.25) is 0 Å². The molecule has 7 heteroatoms. The smallest absolute Gasteiger partial charge is 0.335 e. The van der Waals surface area contributed by atoms with Gasteiger partial charge < -0.3 is 14.7 Å². The molecule has 1 aromatic carbocycles. The fourth-order valence-electron chi connectivity index (χ4n) is 3.11. The van der Waals surface area contributed by atoms with E-state index in [0.29, 0.717) is 25.3 Å². The van der Waals surface area contributed by atoms with Gasteiger partial charge in [0.05, 0.1) is 31.3 Å². The summed E-state index contributed by atoms with van der Waals surface area (Å²) < 4.78 is 7.62. The summed E-state index contributed by atoms with van der Waals surface area (Å²) in [5.74, 6) is -1.13. The van der Waals surface area contributed by atoms with Gasteiger partial charge in [0.15, 0.2) is 0 Å². The molecule has 1 saturated heterocycles. The first-order chi connectivity index (χ1) is 11.9. The Bertz CT molecular complexity index is 801. The Morgan fingerprint density at radius 1 is 1.36 bits per heavy atom. The van der Waals surface area contributed by atoms with Crippen LogP contribution in [0.5, 0.6) is 0 Å². The average molecular weight is 343 g/mol. The van der Waals surface area contributed by atoms with Gasteiger partial charge in [-0.15, -0.1) is 0 Å². The number of nitrogens with zero attached hydrogens (tertiary/aromatic N) is 3. The van der Waals surface area contributed by atoms with Gasteiger partial charge in [0.1, 0.15) is 5.60 Å². The highest BCUT2D eigenvalue weighted by Gasteiger charge is 2.36. The van der Waals surface area contributed by atoms with E-state index in [9.17, 15) is 14.7 Å². The second kappa shape index (κ2) is 6.68. The van der Waals surface area contributed by atoms with Crippen molar-refractivity contribution in [3.63, 3.8) is 0 Å². The van der Waals surface area contributed by atoms with E-state index in [1.807, 2.05) is 20.2 Å². The molecule has 0 saturated carbocycles. The lowest BCUT2D eigenvalue weighted by Crippen LogP contribution is -2.50.